The number of hydrogen-bond donors (Lipinski definition) is 1. The lowest BCUT2D eigenvalue weighted by atomic mass is 10.1. The minimum absolute atomic E-state index is 0.0373. The molecule has 0 aliphatic carbocycles. The topological polar surface area (TPSA) is 69.7 Å². The van der Waals surface area contributed by atoms with E-state index in [9.17, 15) is 18.8 Å². The minimum Gasteiger partial charge on any atom is -0.347 e. The number of carbonyl (C=O) groups is 3. The van der Waals surface area contributed by atoms with Gasteiger partial charge < -0.3 is 15.1 Å². The van der Waals surface area contributed by atoms with Crippen molar-refractivity contribution in [3.63, 3.8) is 0 Å². The van der Waals surface area contributed by atoms with Crippen molar-refractivity contribution in [3.05, 3.63) is 34.6 Å². The number of piperazine rings is 1. The lowest BCUT2D eigenvalue weighted by Gasteiger charge is -2.35. The number of halogens is 2. The monoisotopic (exact) mass is 355 g/mol. The zero-order valence-corrected chi connectivity index (χ0v) is 14.1. The SMILES string of the molecule is CCC(=O)NCC(=O)N1CCN(C(=O)c2ccc(F)cc2Cl)CC1. The molecule has 0 unspecified atom stereocenters. The molecule has 1 heterocycles. The van der Waals surface area contributed by atoms with Gasteiger partial charge in [0, 0.05) is 32.6 Å². The Morgan fingerprint density at radius 3 is 2.38 bits per heavy atom. The molecule has 0 aromatic heterocycles. The summed E-state index contributed by atoms with van der Waals surface area (Å²) in [5.41, 5.74) is 0.244. The fraction of sp³-hybridized carbons (Fsp3) is 0.438. The van der Waals surface area contributed by atoms with Crippen LogP contribution in [0.5, 0.6) is 0 Å². The molecule has 8 heteroatoms. The molecule has 1 aliphatic rings. The highest BCUT2D eigenvalue weighted by Gasteiger charge is 2.26. The molecule has 3 amide bonds. The predicted octanol–water partition coefficient (Wildman–Crippen LogP) is 1.29. The van der Waals surface area contributed by atoms with E-state index in [-0.39, 0.29) is 34.9 Å². The Bertz CT molecular complexity index is 645. The van der Waals surface area contributed by atoms with E-state index in [1.807, 2.05) is 0 Å². The second-order valence-electron chi connectivity index (χ2n) is 5.43. The largest absolute Gasteiger partial charge is 0.347 e. The van der Waals surface area contributed by atoms with Crippen molar-refractivity contribution in [2.75, 3.05) is 32.7 Å². The van der Waals surface area contributed by atoms with Crippen LogP contribution in [-0.4, -0.2) is 60.2 Å². The molecule has 1 fully saturated rings. The summed E-state index contributed by atoms with van der Waals surface area (Å²) in [5, 5.41) is 2.61. The van der Waals surface area contributed by atoms with Crippen LogP contribution in [0.25, 0.3) is 0 Å². The molecule has 0 spiro atoms. The van der Waals surface area contributed by atoms with Crippen molar-refractivity contribution < 1.29 is 18.8 Å². The second kappa shape index (κ2) is 8.10. The van der Waals surface area contributed by atoms with Gasteiger partial charge in [-0.15, -0.1) is 0 Å². The Morgan fingerprint density at radius 1 is 1.17 bits per heavy atom. The van der Waals surface area contributed by atoms with Gasteiger partial charge in [0.2, 0.25) is 11.8 Å². The van der Waals surface area contributed by atoms with Gasteiger partial charge in [-0.1, -0.05) is 18.5 Å². The molecule has 0 bridgehead atoms. The summed E-state index contributed by atoms with van der Waals surface area (Å²) < 4.78 is 13.1. The van der Waals surface area contributed by atoms with Gasteiger partial charge in [-0.25, -0.2) is 4.39 Å². The third-order valence-corrected chi connectivity index (χ3v) is 4.15. The molecule has 6 nitrogen and oxygen atoms in total. The van der Waals surface area contributed by atoms with E-state index in [1.54, 1.807) is 16.7 Å². The van der Waals surface area contributed by atoms with Crippen LogP contribution in [-0.2, 0) is 9.59 Å². The van der Waals surface area contributed by atoms with Crippen LogP contribution in [0.3, 0.4) is 0 Å². The van der Waals surface area contributed by atoms with Crippen molar-refractivity contribution in [2.45, 2.75) is 13.3 Å². The van der Waals surface area contributed by atoms with E-state index in [0.717, 1.165) is 6.07 Å². The summed E-state index contributed by atoms with van der Waals surface area (Å²) in [6.45, 7) is 3.16. The molecule has 1 aromatic carbocycles. The Morgan fingerprint density at radius 2 is 1.79 bits per heavy atom. The van der Waals surface area contributed by atoms with Crippen molar-refractivity contribution in [3.8, 4) is 0 Å². The quantitative estimate of drug-likeness (QED) is 0.884. The number of hydrogen-bond acceptors (Lipinski definition) is 3. The van der Waals surface area contributed by atoms with Crippen LogP contribution in [0.4, 0.5) is 4.39 Å². The smallest absolute Gasteiger partial charge is 0.255 e. The first-order chi connectivity index (χ1) is 11.4. The summed E-state index contributed by atoms with van der Waals surface area (Å²) in [7, 11) is 0. The van der Waals surface area contributed by atoms with Crippen LogP contribution in [0.2, 0.25) is 5.02 Å². The fourth-order valence-electron chi connectivity index (χ4n) is 2.40. The number of nitrogens with zero attached hydrogens (tertiary/aromatic N) is 2. The van der Waals surface area contributed by atoms with E-state index in [1.165, 1.54) is 12.1 Å². The number of benzene rings is 1. The maximum Gasteiger partial charge on any atom is 0.255 e. The average molecular weight is 356 g/mol. The van der Waals surface area contributed by atoms with Crippen molar-refractivity contribution in [2.24, 2.45) is 0 Å². The van der Waals surface area contributed by atoms with Gasteiger partial charge in [0.1, 0.15) is 5.82 Å². The fourth-order valence-corrected chi connectivity index (χ4v) is 2.65. The summed E-state index contributed by atoms with van der Waals surface area (Å²) in [4.78, 5) is 38.8. The molecule has 1 aliphatic heterocycles. The van der Waals surface area contributed by atoms with Crippen LogP contribution >= 0.6 is 11.6 Å². The lowest BCUT2D eigenvalue weighted by Crippen LogP contribution is -2.52. The molecule has 0 atom stereocenters. The number of amides is 3. The van der Waals surface area contributed by atoms with E-state index in [2.05, 4.69) is 5.32 Å². The molecule has 0 radical (unpaired) electrons. The van der Waals surface area contributed by atoms with Gasteiger partial charge >= 0.3 is 0 Å². The Balaban J connectivity index is 1.89. The molecule has 24 heavy (non-hydrogen) atoms. The number of nitrogens with one attached hydrogen (secondary N) is 1. The maximum absolute atomic E-state index is 13.1. The summed E-state index contributed by atoms with van der Waals surface area (Å²) in [6.07, 6.45) is 0.327. The second-order valence-corrected chi connectivity index (χ2v) is 5.83. The highest BCUT2D eigenvalue weighted by molar-refractivity contribution is 6.33. The summed E-state index contributed by atoms with van der Waals surface area (Å²) >= 11 is 5.92. The predicted molar refractivity (Wildman–Crippen MR) is 87.2 cm³/mol. The van der Waals surface area contributed by atoms with Crippen LogP contribution in [0.1, 0.15) is 23.7 Å². The minimum atomic E-state index is -0.499. The first-order valence-corrected chi connectivity index (χ1v) is 8.09. The zero-order valence-electron chi connectivity index (χ0n) is 13.3. The lowest BCUT2D eigenvalue weighted by molar-refractivity contribution is -0.134. The average Bonchev–Trinajstić information content (AvgIpc) is 2.59. The van der Waals surface area contributed by atoms with Gasteiger partial charge in [-0.3, -0.25) is 14.4 Å². The van der Waals surface area contributed by atoms with Crippen molar-refractivity contribution in [1.29, 1.82) is 0 Å². The van der Waals surface area contributed by atoms with Gasteiger partial charge in [-0.05, 0) is 18.2 Å². The third kappa shape index (κ3) is 4.44. The molecular formula is C16H19ClFN3O3. The third-order valence-electron chi connectivity index (χ3n) is 3.84. The first-order valence-electron chi connectivity index (χ1n) is 7.71. The van der Waals surface area contributed by atoms with E-state index in [0.29, 0.717) is 32.6 Å². The molecule has 2 rings (SSSR count). The highest BCUT2D eigenvalue weighted by atomic mass is 35.5. The standard InChI is InChI=1S/C16H19ClFN3O3/c1-2-14(22)19-10-15(23)20-5-7-21(8-6-20)16(24)12-4-3-11(18)9-13(12)17/h3-4,9H,2,5-8,10H2,1H3,(H,19,22). The maximum atomic E-state index is 13.1. The molecule has 130 valence electrons. The zero-order chi connectivity index (χ0) is 17.7. The van der Waals surface area contributed by atoms with Crippen LogP contribution < -0.4 is 5.32 Å². The number of rotatable bonds is 4. The van der Waals surface area contributed by atoms with Gasteiger partial charge in [-0.2, -0.15) is 0 Å². The molecule has 1 aromatic rings. The normalized spacial score (nSPS) is 14.5. The number of carbonyl (C=O) groups excluding carboxylic acids is 3. The van der Waals surface area contributed by atoms with Crippen molar-refractivity contribution in [1.82, 2.24) is 15.1 Å². The molecule has 0 saturated carbocycles. The van der Waals surface area contributed by atoms with E-state index in [4.69, 9.17) is 11.6 Å². The van der Waals surface area contributed by atoms with Gasteiger partial charge in [0.05, 0.1) is 17.1 Å². The first kappa shape index (κ1) is 18.2. The highest BCUT2D eigenvalue weighted by Crippen LogP contribution is 2.19. The van der Waals surface area contributed by atoms with Crippen LogP contribution in [0.15, 0.2) is 18.2 Å². The van der Waals surface area contributed by atoms with E-state index >= 15 is 0 Å². The molecular weight excluding hydrogens is 337 g/mol. The van der Waals surface area contributed by atoms with E-state index < -0.39 is 5.82 Å². The molecule has 1 saturated heterocycles. The van der Waals surface area contributed by atoms with Crippen molar-refractivity contribution >= 4 is 29.3 Å². The Hall–Kier alpha value is -2.15. The van der Waals surface area contributed by atoms with Crippen LogP contribution in [0, 0.1) is 5.82 Å². The Labute approximate surface area is 144 Å². The Kier molecular flexibility index (Phi) is 6.14. The van der Waals surface area contributed by atoms with Gasteiger partial charge in [0.25, 0.3) is 5.91 Å². The summed E-state index contributed by atoms with van der Waals surface area (Å²) in [5.74, 6) is -1.14. The molecule has 1 N–H and O–H groups in total. The van der Waals surface area contributed by atoms with Gasteiger partial charge in [0.15, 0.2) is 0 Å². The summed E-state index contributed by atoms with van der Waals surface area (Å²) in [6, 6.07) is 3.65.